The topological polar surface area (TPSA) is 218 Å². The summed E-state index contributed by atoms with van der Waals surface area (Å²) < 4.78 is 6.43. The van der Waals surface area contributed by atoms with Gasteiger partial charge < -0.3 is 20.3 Å². The highest BCUT2D eigenvalue weighted by molar-refractivity contribution is 6.16. The lowest BCUT2D eigenvalue weighted by molar-refractivity contribution is -0.123. The molecular formula is C66H50N6O12. The average molecular weight is 1120 g/mol. The largest absolute Gasteiger partial charge is 0.457 e. The standard InChI is InChI=1S/C66H50N6O12/c1-67-63(78)56-26-41(6-10-45(56)33-73)61(76)40-13-20-55-50(25-40)36-83-72(66(55)81)51-14-16-52(17-15-51)84-53-18-21-58(59(28-53)71-31-44-9-5-38(23-48(44)32-71)60(75)37-4-8-43-29-69(2)30-47(43)22-37)68-64(79)57-27-42(7-11-46(57)34-74)62(77)39-12-19-54-49(24-39)35-82-70(3)65(54)80/h4-28,33-34H,29-32,35-36H2,1-3H3,(H,67,78)(H,68,79). The number of nitrogens with one attached hydrogen (secondary N) is 2. The molecule has 0 unspecified atom stereocenters. The average Bonchev–Trinajstić information content (AvgIpc) is 3.48. The quantitative estimate of drug-likeness (QED) is 0.0722. The fraction of sp³-hybridized carbons (Fsp3) is 0.136. The second-order valence-electron chi connectivity index (χ2n) is 20.8. The van der Waals surface area contributed by atoms with Crippen LogP contribution in [0.1, 0.15) is 143 Å². The molecule has 0 bridgehead atoms. The van der Waals surface area contributed by atoms with E-state index in [1.165, 1.54) is 68.2 Å². The van der Waals surface area contributed by atoms with E-state index in [4.69, 9.17) is 14.4 Å². The zero-order valence-electron chi connectivity index (χ0n) is 45.5. The number of benzene rings is 8. The molecule has 0 aliphatic carbocycles. The van der Waals surface area contributed by atoms with Crippen molar-refractivity contribution in [3.8, 4) is 11.5 Å². The number of rotatable bonds is 15. The second kappa shape index (κ2) is 22.1. The molecular weight excluding hydrogens is 1070 g/mol. The molecule has 0 saturated carbocycles. The number of carbonyl (C=O) groups excluding carboxylic acids is 9. The van der Waals surface area contributed by atoms with Gasteiger partial charge in [-0.2, -0.15) is 5.06 Å². The third-order valence-corrected chi connectivity index (χ3v) is 15.4. The van der Waals surface area contributed by atoms with Gasteiger partial charge in [0.05, 0.1) is 28.2 Å². The van der Waals surface area contributed by atoms with Crippen LogP contribution in [0.5, 0.6) is 11.5 Å². The summed E-state index contributed by atoms with van der Waals surface area (Å²) in [4.78, 5) is 135. The maximum atomic E-state index is 14.5. The van der Waals surface area contributed by atoms with E-state index in [2.05, 4.69) is 15.5 Å². The normalized spacial score (nSPS) is 14.2. The van der Waals surface area contributed by atoms with Gasteiger partial charge in [0.1, 0.15) is 24.7 Å². The first-order valence-electron chi connectivity index (χ1n) is 26.7. The highest BCUT2D eigenvalue weighted by atomic mass is 16.7. The Hall–Kier alpha value is -10.5. The molecule has 12 rings (SSSR count). The van der Waals surface area contributed by atoms with Crippen LogP contribution in [0.15, 0.2) is 152 Å². The molecule has 2 N–H and O–H groups in total. The predicted molar refractivity (Wildman–Crippen MR) is 308 cm³/mol. The number of hydrogen-bond acceptors (Lipinski definition) is 14. The van der Waals surface area contributed by atoms with Crippen molar-refractivity contribution in [2.45, 2.75) is 39.4 Å². The molecule has 0 aromatic heterocycles. The summed E-state index contributed by atoms with van der Waals surface area (Å²) in [5.74, 6) is -2.17. The lowest BCUT2D eigenvalue weighted by Gasteiger charge is -2.28. The van der Waals surface area contributed by atoms with Gasteiger partial charge in [-0.05, 0) is 125 Å². The predicted octanol–water partition coefficient (Wildman–Crippen LogP) is 9.48. The van der Waals surface area contributed by atoms with Crippen LogP contribution in [0, 0.1) is 0 Å². The molecule has 0 atom stereocenters. The number of hydrogen-bond donors (Lipinski definition) is 2. The molecule has 4 heterocycles. The van der Waals surface area contributed by atoms with Crippen molar-refractivity contribution < 1.29 is 57.6 Å². The Morgan fingerprint density at radius 3 is 1.56 bits per heavy atom. The number of aldehydes is 2. The minimum Gasteiger partial charge on any atom is -0.457 e. The summed E-state index contributed by atoms with van der Waals surface area (Å²) in [5.41, 5.74) is 9.42. The number of ether oxygens (including phenoxy) is 1. The molecule has 8 aromatic rings. The fourth-order valence-corrected chi connectivity index (χ4v) is 11.0. The van der Waals surface area contributed by atoms with Crippen molar-refractivity contribution in [1.82, 2.24) is 15.3 Å². The Balaban J connectivity index is 0.797. The Bertz CT molecular complexity index is 4170. The van der Waals surface area contributed by atoms with Crippen molar-refractivity contribution in [1.29, 1.82) is 0 Å². The first-order chi connectivity index (χ1) is 40.6. The van der Waals surface area contributed by atoms with Crippen LogP contribution in [-0.2, 0) is 49.1 Å². The Morgan fingerprint density at radius 1 is 0.488 bits per heavy atom. The van der Waals surface area contributed by atoms with Crippen molar-refractivity contribution in [3.63, 3.8) is 0 Å². The maximum Gasteiger partial charge on any atom is 0.282 e. The minimum absolute atomic E-state index is 0.0436. The van der Waals surface area contributed by atoms with Crippen molar-refractivity contribution in [2.75, 3.05) is 36.4 Å². The Labute approximate surface area is 480 Å². The SMILES string of the molecule is CNC(=O)c1cc(C(=O)c2ccc3c(c2)CON(c2ccc(Oc4ccc(NC(=O)c5cc(C(=O)c6ccc7c(c6)CON(C)C7=O)ccc5C=O)c(N5Cc6ccc(C(=O)c7ccc8c(c7)CN(C)C8)cc6C5)c4)cc2)C3=O)ccc1C=O. The molecule has 8 aromatic carbocycles. The molecule has 18 heteroatoms. The van der Waals surface area contributed by atoms with Gasteiger partial charge in [0.25, 0.3) is 23.6 Å². The number of amides is 4. The van der Waals surface area contributed by atoms with Gasteiger partial charge in [-0.1, -0.05) is 60.7 Å². The van der Waals surface area contributed by atoms with Crippen molar-refractivity contribution >= 4 is 70.6 Å². The van der Waals surface area contributed by atoms with E-state index in [9.17, 15) is 43.2 Å². The Kier molecular flexibility index (Phi) is 14.2. The second-order valence-corrected chi connectivity index (χ2v) is 20.8. The molecule has 416 valence electrons. The van der Waals surface area contributed by atoms with E-state index >= 15 is 0 Å². The maximum absolute atomic E-state index is 14.5. The van der Waals surface area contributed by atoms with E-state index in [1.807, 2.05) is 48.3 Å². The molecule has 84 heavy (non-hydrogen) atoms. The van der Waals surface area contributed by atoms with Crippen LogP contribution < -0.4 is 25.3 Å². The van der Waals surface area contributed by atoms with E-state index in [-0.39, 0.29) is 69.4 Å². The van der Waals surface area contributed by atoms with Crippen LogP contribution >= 0.6 is 0 Å². The molecule has 18 nitrogen and oxygen atoms in total. The molecule has 4 aliphatic heterocycles. The van der Waals surface area contributed by atoms with E-state index in [0.717, 1.165) is 39.9 Å². The number of anilines is 3. The van der Waals surface area contributed by atoms with Gasteiger partial charge in [0.2, 0.25) is 0 Å². The van der Waals surface area contributed by atoms with Crippen LogP contribution in [-0.4, -0.2) is 84.7 Å². The molecule has 4 amide bonds. The molecule has 0 radical (unpaired) electrons. The van der Waals surface area contributed by atoms with Gasteiger partial charge in [0.15, 0.2) is 29.9 Å². The van der Waals surface area contributed by atoms with Crippen molar-refractivity contribution in [2.24, 2.45) is 0 Å². The Morgan fingerprint density at radius 2 is 0.964 bits per heavy atom. The molecule has 4 aliphatic rings. The first kappa shape index (κ1) is 54.1. The third-order valence-electron chi connectivity index (χ3n) is 15.4. The summed E-state index contributed by atoms with van der Waals surface area (Å²) in [7, 11) is 4.98. The van der Waals surface area contributed by atoms with Crippen LogP contribution in [0.25, 0.3) is 0 Å². The molecule has 0 fully saturated rings. The van der Waals surface area contributed by atoms with Gasteiger partial charge >= 0.3 is 0 Å². The van der Waals surface area contributed by atoms with E-state index in [1.54, 1.807) is 66.7 Å². The van der Waals surface area contributed by atoms with Gasteiger partial charge in [0, 0.05) is 102 Å². The smallest absolute Gasteiger partial charge is 0.282 e. The fourth-order valence-electron chi connectivity index (χ4n) is 11.0. The number of hydroxylamine groups is 3. The van der Waals surface area contributed by atoms with E-state index in [0.29, 0.717) is 87.6 Å². The summed E-state index contributed by atoms with van der Waals surface area (Å²) in [5, 5.41) is 7.75. The zero-order valence-corrected chi connectivity index (χ0v) is 45.5. The number of fused-ring (bicyclic) bond motifs is 4. The lowest BCUT2D eigenvalue weighted by atomic mass is 9.95. The van der Waals surface area contributed by atoms with Crippen LogP contribution in [0.2, 0.25) is 0 Å². The van der Waals surface area contributed by atoms with Gasteiger partial charge in [-0.25, -0.2) is 5.06 Å². The van der Waals surface area contributed by atoms with Crippen LogP contribution in [0.4, 0.5) is 17.1 Å². The zero-order chi connectivity index (χ0) is 58.5. The monoisotopic (exact) mass is 1120 g/mol. The summed E-state index contributed by atoms with van der Waals surface area (Å²) in [6.07, 6.45) is 1.08. The minimum atomic E-state index is -0.666. The summed E-state index contributed by atoms with van der Waals surface area (Å²) in [6.45, 7) is 2.39. The summed E-state index contributed by atoms with van der Waals surface area (Å²) >= 11 is 0. The summed E-state index contributed by atoms with van der Waals surface area (Å²) in [6, 6.07) is 41.0. The van der Waals surface area contributed by atoms with E-state index < -0.39 is 29.3 Å². The van der Waals surface area contributed by atoms with Gasteiger partial charge in [-0.15, -0.1) is 0 Å². The highest BCUT2D eigenvalue weighted by Gasteiger charge is 2.31. The lowest BCUT2D eigenvalue weighted by Crippen LogP contribution is -2.35. The highest BCUT2D eigenvalue weighted by Crippen LogP contribution is 2.39. The van der Waals surface area contributed by atoms with Crippen molar-refractivity contribution in [3.05, 3.63) is 252 Å². The van der Waals surface area contributed by atoms with Gasteiger partial charge in [-0.3, -0.25) is 57.7 Å². The molecule has 0 spiro atoms. The number of carbonyl (C=O) groups is 9. The number of nitrogens with zero attached hydrogens (tertiary/aromatic N) is 4. The molecule has 0 saturated heterocycles. The third kappa shape index (κ3) is 10.2. The first-order valence-corrected chi connectivity index (χ1v) is 26.7. The van der Waals surface area contributed by atoms with Crippen LogP contribution in [0.3, 0.4) is 0 Å². The number of ketones is 3.